The lowest BCUT2D eigenvalue weighted by atomic mass is 10.1. The molecule has 2 N–H and O–H groups in total. The molecular formula is C18H18F2N2O3. The van der Waals surface area contributed by atoms with Crippen LogP contribution in [0.2, 0.25) is 0 Å². The summed E-state index contributed by atoms with van der Waals surface area (Å²) in [6.07, 6.45) is 0. The lowest BCUT2D eigenvalue weighted by Gasteiger charge is -2.12. The average Bonchev–Trinajstić information content (AvgIpc) is 2.56. The van der Waals surface area contributed by atoms with Gasteiger partial charge in [0, 0.05) is 17.3 Å². The Bertz CT molecular complexity index is 746. The number of para-hydroxylation sites is 1. The van der Waals surface area contributed by atoms with Gasteiger partial charge in [-0.3, -0.25) is 9.59 Å². The van der Waals surface area contributed by atoms with E-state index in [0.29, 0.717) is 11.4 Å². The maximum atomic E-state index is 12.4. The van der Waals surface area contributed by atoms with Crippen molar-refractivity contribution < 1.29 is 23.1 Å². The minimum Gasteiger partial charge on any atom is -0.434 e. The second-order valence-corrected chi connectivity index (χ2v) is 5.55. The Kier molecular flexibility index (Phi) is 6.05. The zero-order valence-electron chi connectivity index (χ0n) is 13.8. The minimum absolute atomic E-state index is 0.0000120. The lowest BCUT2D eigenvalue weighted by molar-refractivity contribution is -0.118. The number of carbonyl (C=O) groups excluding carboxylic acids is 2. The van der Waals surface area contributed by atoms with Gasteiger partial charge in [-0.05, 0) is 36.4 Å². The van der Waals surface area contributed by atoms with Crippen LogP contribution in [0, 0.1) is 5.92 Å². The summed E-state index contributed by atoms with van der Waals surface area (Å²) in [5.74, 6) is -1.04. The molecule has 0 saturated carbocycles. The molecule has 2 amide bonds. The average molecular weight is 348 g/mol. The molecular weight excluding hydrogens is 330 g/mol. The van der Waals surface area contributed by atoms with Gasteiger partial charge in [0.1, 0.15) is 5.75 Å². The number of rotatable bonds is 6. The van der Waals surface area contributed by atoms with Crippen LogP contribution in [-0.2, 0) is 4.79 Å². The normalized spacial score (nSPS) is 10.6. The first-order valence-electron chi connectivity index (χ1n) is 7.63. The predicted octanol–water partition coefficient (Wildman–Crippen LogP) is 4.13. The van der Waals surface area contributed by atoms with E-state index in [1.54, 1.807) is 44.2 Å². The molecule has 0 aliphatic carbocycles. The van der Waals surface area contributed by atoms with Gasteiger partial charge < -0.3 is 15.4 Å². The third kappa shape index (κ3) is 5.27. The molecule has 0 unspecified atom stereocenters. The van der Waals surface area contributed by atoms with Crippen molar-refractivity contribution >= 4 is 23.2 Å². The summed E-state index contributed by atoms with van der Waals surface area (Å²) >= 11 is 0. The number of amides is 2. The molecule has 0 spiro atoms. The van der Waals surface area contributed by atoms with E-state index in [4.69, 9.17) is 0 Å². The summed E-state index contributed by atoms with van der Waals surface area (Å²) in [7, 11) is 0. The van der Waals surface area contributed by atoms with Gasteiger partial charge in [-0.25, -0.2) is 0 Å². The van der Waals surface area contributed by atoms with Gasteiger partial charge in [0.05, 0.1) is 5.56 Å². The van der Waals surface area contributed by atoms with Gasteiger partial charge in [0.2, 0.25) is 5.91 Å². The molecule has 0 saturated heterocycles. The third-order valence-corrected chi connectivity index (χ3v) is 3.28. The highest BCUT2D eigenvalue weighted by molar-refractivity contribution is 6.06. The van der Waals surface area contributed by atoms with Crippen LogP contribution >= 0.6 is 0 Å². The lowest BCUT2D eigenvalue weighted by Crippen LogP contribution is -2.18. The number of hydrogen-bond acceptors (Lipinski definition) is 3. The van der Waals surface area contributed by atoms with E-state index in [-0.39, 0.29) is 23.1 Å². The molecule has 2 aromatic carbocycles. The molecule has 25 heavy (non-hydrogen) atoms. The fourth-order valence-corrected chi connectivity index (χ4v) is 1.97. The first-order valence-corrected chi connectivity index (χ1v) is 7.63. The van der Waals surface area contributed by atoms with Crippen molar-refractivity contribution in [2.75, 3.05) is 10.6 Å². The number of anilines is 2. The standard InChI is InChI=1S/C18H18F2N2O3/c1-11(2)16(23)21-12-7-9-13(10-8-12)22-17(24)14-5-3-4-6-15(14)25-18(19)20/h3-11,18H,1-2H3,(H,21,23)(H,22,24). The Hall–Kier alpha value is -2.96. The van der Waals surface area contributed by atoms with Crippen molar-refractivity contribution in [1.82, 2.24) is 0 Å². The number of alkyl halides is 2. The number of ether oxygens (including phenoxy) is 1. The number of nitrogens with one attached hydrogen (secondary N) is 2. The molecule has 0 heterocycles. The van der Waals surface area contributed by atoms with Gasteiger partial charge in [0.15, 0.2) is 0 Å². The molecule has 0 aliphatic rings. The van der Waals surface area contributed by atoms with E-state index in [1.807, 2.05) is 0 Å². The Labute approximate surface area is 144 Å². The van der Waals surface area contributed by atoms with Crippen molar-refractivity contribution in [3.05, 3.63) is 54.1 Å². The fourth-order valence-electron chi connectivity index (χ4n) is 1.97. The maximum Gasteiger partial charge on any atom is 0.387 e. The summed E-state index contributed by atoms with van der Waals surface area (Å²) in [6.45, 7) is 0.545. The fraction of sp³-hybridized carbons (Fsp3) is 0.222. The van der Waals surface area contributed by atoms with E-state index in [9.17, 15) is 18.4 Å². The van der Waals surface area contributed by atoms with Gasteiger partial charge >= 0.3 is 6.61 Å². The second-order valence-electron chi connectivity index (χ2n) is 5.55. The van der Waals surface area contributed by atoms with Crippen LogP contribution in [0.3, 0.4) is 0 Å². The van der Waals surface area contributed by atoms with Crippen LogP contribution in [0.1, 0.15) is 24.2 Å². The Morgan fingerprint density at radius 2 is 1.48 bits per heavy atom. The van der Waals surface area contributed by atoms with Crippen LogP contribution < -0.4 is 15.4 Å². The molecule has 2 aromatic rings. The molecule has 0 atom stereocenters. The van der Waals surface area contributed by atoms with Crippen molar-refractivity contribution in [1.29, 1.82) is 0 Å². The first kappa shape index (κ1) is 18.4. The SMILES string of the molecule is CC(C)C(=O)Nc1ccc(NC(=O)c2ccccc2OC(F)F)cc1. The van der Waals surface area contributed by atoms with E-state index in [1.165, 1.54) is 18.2 Å². The zero-order valence-corrected chi connectivity index (χ0v) is 13.8. The Morgan fingerprint density at radius 1 is 0.920 bits per heavy atom. The van der Waals surface area contributed by atoms with E-state index < -0.39 is 12.5 Å². The Balaban J connectivity index is 2.07. The summed E-state index contributed by atoms with van der Waals surface area (Å²) in [5, 5.41) is 5.33. The van der Waals surface area contributed by atoms with Crippen LogP contribution in [0.4, 0.5) is 20.2 Å². The van der Waals surface area contributed by atoms with Crippen LogP contribution in [-0.4, -0.2) is 18.4 Å². The van der Waals surface area contributed by atoms with Gasteiger partial charge in [-0.2, -0.15) is 8.78 Å². The monoisotopic (exact) mass is 348 g/mol. The van der Waals surface area contributed by atoms with Crippen molar-refractivity contribution in [2.45, 2.75) is 20.5 Å². The molecule has 0 aromatic heterocycles. The van der Waals surface area contributed by atoms with Crippen molar-refractivity contribution in [2.24, 2.45) is 5.92 Å². The summed E-state index contributed by atoms with van der Waals surface area (Å²) in [5.41, 5.74) is 1.05. The van der Waals surface area contributed by atoms with E-state index in [0.717, 1.165) is 0 Å². The number of carbonyl (C=O) groups is 2. The van der Waals surface area contributed by atoms with Crippen LogP contribution in [0.5, 0.6) is 5.75 Å². The molecule has 0 bridgehead atoms. The van der Waals surface area contributed by atoms with Crippen molar-refractivity contribution in [3.8, 4) is 5.75 Å². The smallest absolute Gasteiger partial charge is 0.387 e. The molecule has 0 radical (unpaired) electrons. The van der Waals surface area contributed by atoms with Gasteiger partial charge in [-0.15, -0.1) is 0 Å². The number of benzene rings is 2. The summed E-state index contributed by atoms with van der Waals surface area (Å²) in [4.78, 5) is 23.9. The predicted molar refractivity (Wildman–Crippen MR) is 90.9 cm³/mol. The number of hydrogen-bond donors (Lipinski definition) is 2. The van der Waals surface area contributed by atoms with Gasteiger partial charge in [-0.1, -0.05) is 26.0 Å². The molecule has 5 nitrogen and oxygen atoms in total. The van der Waals surface area contributed by atoms with Gasteiger partial charge in [0.25, 0.3) is 5.91 Å². The molecule has 0 aliphatic heterocycles. The molecule has 0 fully saturated rings. The highest BCUT2D eigenvalue weighted by atomic mass is 19.3. The minimum atomic E-state index is -3.02. The molecule has 132 valence electrons. The topological polar surface area (TPSA) is 67.4 Å². The van der Waals surface area contributed by atoms with E-state index in [2.05, 4.69) is 15.4 Å². The molecule has 2 rings (SSSR count). The quantitative estimate of drug-likeness (QED) is 0.825. The Morgan fingerprint density at radius 3 is 2.04 bits per heavy atom. The maximum absolute atomic E-state index is 12.4. The zero-order chi connectivity index (χ0) is 18.4. The highest BCUT2D eigenvalue weighted by Crippen LogP contribution is 2.22. The van der Waals surface area contributed by atoms with Crippen LogP contribution in [0.15, 0.2) is 48.5 Å². The first-order chi connectivity index (χ1) is 11.9. The van der Waals surface area contributed by atoms with Crippen molar-refractivity contribution in [3.63, 3.8) is 0 Å². The summed E-state index contributed by atoms with van der Waals surface area (Å²) < 4.78 is 29.2. The summed E-state index contributed by atoms with van der Waals surface area (Å²) in [6, 6.07) is 12.2. The van der Waals surface area contributed by atoms with Crippen LogP contribution in [0.25, 0.3) is 0 Å². The third-order valence-electron chi connectivity index (χ3n) is 3.28. The molecule has 7 heteroatoms. The largest absolute Gasteiger partial charge is 0.434 e. The highest BCUT2D eigenvalue weighted by Gasteiger charge is 2.15. The number of halogens is 2. The second kappa shape index (κ2) is 8.23. The van der Waals surface area contributed by atoms with E-state index >= 15 is 0 Å².